The standard InChI is InChI=1S/C11H10O5S/c1-15-7-3-4-8-9(12)6-11(17(2,13)14)16-10(8)5-7/h3-6H,1-2H3. The average molecular weight is 254 g/mol. The maximum absolute atomic E-state index is 11.7. The molecule has 0 spiro atoms. The van der Waals surface area contributed by atoms with Gasteiger partial charge in [-0.15, -0.1) is 0 Å². The molecule has 0 radical (unpaired) electrons. The number of benzene rings is 1. The summed E-state index contributed by atoms with van der Waals surface area (Å²) in [6, 6.07) is 5.60. The number of rotatable bonds is 2. The summed E-state index contributed by atoms with van der Waals surface area (Å²) in [4.78, 5) is 11.7. The number of hydrogen-bond donors (Lipinski definition) is 0. The second-order valence-corrected chi connectivity index (χ2v) is 5.51. The predicted molar refractivity (Wildman–Crippen MR) is 62.1 cm³/mol. The van der Waals surface area contributed by atoms with Crippen LogP contribution in [-0.4, -0.2) is 21.8 Å². The van der Waals surface area contributed by atoms with Gasteiger partial charge in [-0.05, 0) is 12.1 Å². The molecule has 1 aromatic heterocycles. The summed E-state index contributed by atoms with van der Waals surface area (Å²) in [7, 11) is -2.07. The van der Waals surface area contributed by atoms with Gasteiger partial charge in [-0.25, -0.2) is 8.42 Å². The van der Waals surface area contributed by atoms with Crippen LogP contribution in [-0.2, 0) is 9.84 Å². The Morgan fingerprint density at radius 2 is 1.94 bits per heavy atom. The Balaban J connectivity index is 2.84. The highest BCUT2D eigenvalue weighted by molar-refractivity contribution is 7.90. The van der Waals surface area contributed by atoms with Crippen LogP contribution in [0.2, 0.25) is 0 Å². The van der Waals surface area contributed by atoms with Gasteiger partial charge in [-0.1, -0.05) is 0 Å². The van der Waals surface area contributed by atoms with Crippen LogP contribution < -0.4 is 10.2 Å². The maximum atomic E-state index is 11.7. The molecular weight excluding hydrogens is 244 g/mol. The molecule has 0 amide bonds. The molecule has 0 atom stereocenters. The number of ether oxygens (including phenoxy) is 1. The first-order chi connectivity index (χ1) is 7.91. The Morgan fingerprint density at radius 1 is 1.24 bits per heavy atom. The van der Waals surface area contributed by atoms with Crippen molar-refractivity contribution in [3.63, 3.8) is 0 Å². The molecule has 5 nitrogen and oxygen atoms in total. The smallest absolute Gasteiger partial charge is 0.222 e. The summed E-state index contributed by atoms with van der Waals surface area (Å²) >= 11 is 0. The second-order valence-electron chi connectivity index (χ2n) is 3.56. The fraction of sp³-hybridized carbons (Fsp3) is 0.182. The van der Waals surface area contributed by atoms with E-state index in [1.165, 1.54) is 19.2 Å². The van der Waals surface area contributed by atoms with E-state index >= 15 is 0 Å². The molecular formula is C11H10O5S. The van der Waals surface area contributed by atoms with Gasteiger partial charge in [0.25, 0.3) is 0 Å². The number of sulfone groups is 1. The third-order valence-corrected chi connectivity index (χ3v) is 3.21. The van der Waals surface area contributed by atoms with Gasteiger partial charge in [-0.3, -0.25) is 4.79 Å². The first-order valence-corrected chi connectivity index (χ1v) is 6.63. The van der Waals surface area contributed by atoms with Gasteiger partial charge in [0.1, 0.15) is 11.3 Å². The van der Waals surface area contributed by atoms with Crippen molar-refractivity contribution in [2.24, 2.45) is 0 Å². The van der Waals surface area contributed by atoms with E-state index in [0.29, 0.717) is 11.1 Å². The van der Waals surface area contributed by atoms with Crippen molar-refractivity contribution in [2.45, 2.75) is 5.09 Å². The highest BCUT2D eigenvalue weighted by Crippen LogP contribution is 2.20. The number of fused-ring (bicyclic) bond motifs is 1. The molecule has 2 rings (SSSR count). The van der Waals surface area contributed by atoms with Crippen molar-refractivity contribution < 1.29 is 17.6 Å². The van der Waals surface area contributed by atoms with Crippen molar-refractivity contribution >= 4 is 20.8 Å². The molecule has 0 unspecified atom stereocenters. The van der Waals surface area contributed by atoms with Crippen LogP contribution in [0.25, 0.3) is 11.0 Å². The minimum atomic E-state index is -3.54. The fourth-order valence-corrected chi connectivity index (χ4v) is 1.99. The van der Waals surface area contributed by atoms with E-state index in [0.717, 1.165) is 12.3 Å². The molecule has 90 valence electrons. The van der Waals surface area contributed by atoms with Crippen LogP contribution in [0.4, 0.5) is 0 Å². The molecule has 0 aliphatic rings. The Kier molecular flexibility index (Phi) is 2.66. The SMILES string of the molecule is COc1ccc2c(=O)cc(S(C)(=O)=O)oc2c1. The zero-order valence-corrected chi connectivity index (χ0v) is 10.1. The molecule has 0 aliphatic heterocycles. The van der Waals surface area contributed by atoms with Crippen LogP contribution in [0, 0.1) is 0 Å². The number of methoxy groups -OCH3 is 1. The highest BCUT2D eigenvalue weighted by Gasteiger charge is 2.13. The minimum Gasteiger partial charge on any atom is -0.497 e. The maximum Gasteiger partial charge on any atom is 0.222 e. The largest absolute Gasteiger partial charge is 0.497 e. The first kappa shape index (κ1) is 11.7. The summed E-state index contributed by atoms with van der Waals surface area (Å²) in [5, 5.41) is -0.0264. The van der Waals surface area contributed by atoms with E-state index in [1.807, 2.05) is 0 Å². The molecule has 1 heterocycles. The Labute approximate surface area is 97.5 Å². The van der Waals surface area contributed by atoms with E-state index in [1.54, 1.807) is 6.07 Å². The molecule has 0 saturated heterocycles. The summed E-state index contributed by atoms with van der Waals surface area (Å²) < 4.78 is 32.8. The van der Waals surface area contributed by atoms with Gasteiger partial charge >= 0.3 is 0 Å². The molecule has 17 heavy (non-hydrogen) atoms. The van der Waals surface area contributed by atoms with Gasteiger partial charge in [0, 0.05) is 18.4 Å². The van der Waals surface area contributed by atoms with Crippen molar-refractivity contribution in [3.8, 4) is 5.75 Å². The third kappa shape index (κ3) is 2.16. The lowest BCUT2D eigenvalue weighted by Gasteiger charge is -2.03. The highest BCUT2D eigenvalue weighted by atomic mass is 32.2. The van der Waals surface area contributed by atoms with Crippen LogP contribution in [0.1, 0.15) is 0 Å². The Hall–Kier alpha value is -1.82. The fourth-order valence-electron chi connectivity index (χ4n) is 1.42. The van der Waals surface area contributed by atoms with E-state index in [9.17, 15) is 13.2 Å². The summed E-state index contributed by atoms with van der Waals surface area (Å²) in [5.41, 5.74) is -0.202. The molecule has 0 N–H and O–H groups in total. The second kappa shape index (κ2) is 3.89. The van der Waals surface area contributed by atoms with Crippen molar-refractivity contribution in [1.82, 2.24) is 0 Å². The van der Waals surface area contributed by atoms with Crippen molar-refractivity contribution in [3.05, 3.63) is 34.5 Å². The van der Waals surface area contributed by atoms with Crippen LogP contribution in [0.15, 0.2) is 38.6 Å². The lowest BCUT2D eigenvalue weighted by atomic mass is 10.2. The van der Waals surface area contributed by atoms with Gasteiger partial charge < -0.3 is 9.15 Å². The van der Waals surface area contributed by atoms with Gasteiger partial charge in [0.05, 0.1) is 12.5 Å². The Morgan fingerprint density at radius 3 is 2.53 bits per heavy atom. The zero-order valence-electron chi connectivity index (χ0n) is 9.26. The van der Waals surface area contributed by atoms with E-state index in [4.69, 9.17) is 9.15 Å². The summed E-state index contributed by atoms with van der Waals surface area (Å²) in [6.07, 6.45) is 0.983. The van der Waals surface area contributed by atoms with Gasteiger partial charge in [-0.2, -0.15) is 0 Å². The van der Waals surface area contributed by atoms with E-state index in [2.05, 4.69) is 0 Å². The van der Waals surface area contributed by atoms with Crippen LogP contribution >= 0.6 is 0 Å². The third-order valence-electron chi connectivity index (χ3n) is 2.28. The predicted octanol–water partition coefficient (Wildman–Crippen LogP) is 1.21. The normalized spacial score (nSPS) is 11.6. The quantitative estimate of drug-likeness (QED) is 0.805. The molecule has 0 saturated carbocycles. The van der Waals surface area contributed by atoms with Gasteiger partial charge in [0.2, 0.25) is 14.9 Å². The average Bonchev–Trinajstić information content (AvgIpc) is 2.27. The molecule has 0 fully saturated rings. The molecule has 2 aromatic rings. The topological polar surface area (TPSA) is 73.6 Å². The molecule has 6 heteroatoms. The van der Waals surface area contributed by atoms with Crippen LogP contribution in [0.3, 0.4) is 0 Å². The molecule has 1 aromatic carbocycles. The lowest BCUT2D eigenvalue weighted by Crippen LogP contribution is -2.06. The number of hydrogen-bond acceptors (Lipinski definition) is 5. The zero-order chi connectivity index (χ0) is 12.6. The monoisotopic (exact) mass is 254 g/mol. The first-order valence-electron chi connectivity index (χ1n) is 4.74. The van der Waals surface area contributed by atoms with Crippen LogP contribution in [0.5, 0.6) is 5.75 Å². The summed E-state index contributed by atoms with van der Waals surface area (Å²) in [6.45, 7) is 0. The summed E-state index contributed by atoms with van der Waals surface area (Å²) in [5.74, 6) is 0.492. The lowest BCUT2D eigenvalue weighted by molar-refractivity contribution is 0.412. The van der Waals surface area contributed by atoms with E-state index < -0.39 is 15.3 Å². The van der Waals surface area contributed by atoms with Crippen molar-refractivity contribution in [1.29, 1.82) is 0 Å². The van der Waals surface area contributed by atoms with Crippen molar-refractivity contribution in [2.75, 3.05) is 13.4 Å². The Bertz CT molecular complexity index is 727. The van der Waals surface area contributed by atoms with Gasteiger partial charge in [0.15, 0.2) is 5.43 Å². The van der Waals surface area contributed by atoms with E-state index in [-0.39, 0.29) is 10.7 Å². The molecule has 0 bridgehead atoms. The molecule has 0 aliphatic carbocycles. The minimum absolute atomic E-state index is 0.192.